The van der Waals surface area contributed by atoms with Crippen molar-refractivity contribution in [1.29, 1.82) is 0 Å². The molecule has 1 aromatic carbocycles. The van der Waals surface area contributed by atoms with E-state index in [9.17, 15) is 5.11 Å². The number of benzene rings is 1. The molecular formula is C16H27NO2. The molecule has 0 fully saturated rings. The molecule has 0 heterocycles. The van der Waals surface area contributed by atoms with Crippen LogP contribution in [0.3, 0.4) is 0 Å². The number of aliphatic hydroxyl groups excluding tert-OH is 1. The Morgan fingerprint density at radius 3 is 2.68 bits per heavy atom. The maximum absolute atomic E-state index is 9.78. The van der Waals surface area contributed by atoms with Crippen molar-refractivity contribution in [2.45, 2.75) is 45.6 Å². The Balaban J connectivity index is 2.45. The maximum atomic E-state index is 9.78. The van der Waals surface area contributed by atoms with Crippen molar-refractivity contribution in [3.8, 4) is 5.75 Å². The summed E-state index contributed by atoms with van der Waals surface area (Å²) >= 11 is 0. The fraction of sp³-hybridized carbons (Fsp3) is 0.625. The van der Waals surface area contributed by atoms with Crippen molar-refractivity contribution in [1.82, 2.24) is 5.32 Å². The molecule has 0 saturated heterocycles. The number of nitrogens with one attached hydrogen (secondary N) is 1. The second-order valence-electron chi connectivity index (χ2n) is 5.95. The summed E-state index contributed by atoms with van der Waals surface area (Å²) in [5.41, 5.74) is 1.35. The molecule has 0 bridgehead atoms. The first kappa shape index (κ1) is 16.0. The molecule has 1 atom stereocenters. The number of hydrogen-bond acceptors (Lipinski definition) is 3. The minimum atomic E-state index is -0.468. The van der Waals surface area contributed by atoms with E-state index in [1.54, 1.807) is 0 Å². The molecule has 1 aromatic rings. The molecule has 0 amide bonds. The Morgan fingerprint density at radius 2 is 2.05 bits per heavy atom. The molecule has 0 aromatic heterocycles. The van der Waals surface area contributed by atoms with Crippen molar-refractivity contribution >= 4 is 0 Å². The van der Waals surface area contributed by atoms with Gasteiger partial charge in [-0.05, 0) is 36.1 Å². The lowest BCUT2D eigenvalue weighted by Gasteiger charge is -2.20. The molecule has 1 unspecified atom stereocenters. The van der Waals surface area contributed by atoms with Crippen LogP contribution in [0.15, 0.2) is 24.3 Å². The van der Waals surface area contributed by atoms with E-state index >= 15 is 0 Å². The summed E-state index contributed by atoms with van der Waals surface area (Å²) in [6, 6.07) is 8.08. The van der Waals surface area contributed by atoms with Crippen LogP contribution in [0, 0.1) is 0 Å². The third-order valence-corrected chi connectivity index (χ3v) is 2.95. The zero-order valence-electron chi connectivity index (χ0n) is 12.6. The van der Waals surface area contributed by atoms with Crippen LogP contribution < -0.4 is 10.1 Å². The summed E-state index contributed by atoms with van der Waals surface area (Å²) in [5.74, 6) is 0.821. The number of rotatable bonds is 7. The normalized spacial score (nSPS) is 13.3. The average molecular weight is 265 g/mol. The Kier molecular flexibility index (Phi) is 6.32. The largest absolute Gasteiger partial charge is 0.491 e. The summed E-state index contributed by atoms with van der Waals surface area (Å²) in [4.78, 5) is 0. The molecular weight excluding hydrogens is 238 g/mol. The van der Waals surface area contributed by atoms with Gasteiger partial charge in [0.05, 0.1) is 0 Å². The van der Waals surface area contributed by atoms with Gasteiger partial charge in [0.15, 0.2) is 0 Å². The zero-order chi connectivity index (χ0) is 14.3. The van der Waals surface area contributed by atoms with Crippen LogP contribution in [0.4, 0.5) is 0 Å². The Hall–Kier alpha value is -1.06. The van der Waals surface area contributed by atoms with E-state index in [-0.39, 0.29) is 5.41 Å². The third-order valence-electron chi connectivity index (χ3n) is 2.95. The third kappa shape index (κ3) is 6.08. The fourth-order valence-corrected chi connectivity index (χ4v) is 1.75. The van der Waals surface area contributed by atoms with Gasteiger partial charge in [0, 0.05) is 6.54 Å². The van der Waals surface area contributed by atoms with Crippen molar-refractivity contribution in [2.24, 2.45) is 0 Å². The quantitative estimate of drug-likeness (QED) is 0.745. The highest BCUT2D eigenvalue weighted by Gasteiger charge is 2.14. The molecule has 3 nitrogen and oxygen atoms in total. The number of aliphatic hydroxyl groups is 1. The highest BCUT2D eigenvalue weighted by atomic mass is 16.5. The molecule has 0 spiro atoms. The Morgan fingerprint density at radius 1 is 1.32 bits per heavy atom. The van der Waals surface area contributed by atoms with E-state index in [4.69, 9.17) is 4.74 Å². The van der Waals surface area contributed by atoms with Gasteiger partial charge in [0.25, 0.3) is 0 Å². The van der Waals surface area contributed by atoms with Gasteiger partial charge >= 0.3 is 0 Å². The van der Waals surface area contributed by atoms with E-state index < -0.39 is 6.10 Å². The predicted molar refractivity (Wildman–Crippen MR) is 79.8 cm³/mol. The predicted octanol–water partition coefficient (Wildman–Crippen LogP) is 2.72. The van der Waals surface area contributed by atoms with Crippen LogP contribution >= 0.6 is 0 Å². The van der Waals surface area contributed by atoms with Gasteiger partial charge in [-0.3, -0.25) is 0 Å². The van der Waals surface area contributed by atoms with Gasteiger partial charge in [-0.1, -0.05) is 39.8 Å². The highest BCUT2D eigenvalue weighted by molar-refractivity contribution is 5.32. The minimum Gasteiger partial charge on any atom is -0.491 e. The molecule has 0 aliphatic carbocycles. The summed E-state index contributed by atoms with van der Waals surface area (Å²) < 4.78 is 5.64. The van der Waals surface area contributed by atoms with Crippen LogP contribution in [-0.4, -0.2) is 30.9 Å². The molecule has 0 saturated carbocycles. The SMILES string of the molecule is CCCNCC(O)COc1cccc(C(C)(C)C)c1. The topological polar surface area (TPSA) is 41.5 Å². The van der Waals surface area contributed by atoms with E-state index in [1.165, 1.54) is 5.56 Å². The molecule has 108 valence electrons. The molecule has 19 heavy (non-hydrogen) atoms. The lowest BCUT2D eigenvalue weighted by molar-refractivity contribution is 0.106. The second kappa shape index (κ2) is 7.51. The first-order chi connectivity index (χ1) is 8.93. The molecule has 0 aliphatic heterocycles. The molecule has 0 aliphatic rings. The van der Waals surface area contributed by atoms with Gasteiger partial charge in [-0.25, -0.2) is 0 Å². The van der Waals surface area contributed by atoms with Gasteiger partial charge < -0.3 is 15.2 Å². The van der Waals surface area contributed by atoms with Crippen LogP contribution in [0.2, 0.25) is 0 Å². The fourth-order valence-electron chi connectivity index (χ4n) is 1.75. The lowest BCUT2D eigenvalue weighted by atomic mass is 9.87. The maximum Gasteiger partial charge on any atom is 0.119 e. The summed E-state index contributed by atoms with van der Waals surface area (Å²) in [5, 5.41) is 13.0. The Bertz CT molecular complexity index is 371. The molecule has 0 radical (unpaired) electrons. The molecule has 2 N–H and O–H groups in total. The highest BCUT2D eigenvalue weighted by Crippen LogP contribution is 2.25. The smallest absolute Gasteiger partial charge is 0.119 e. The average Bonchev–Trinajstić information content (AvgIpc) is 2.36. The van der Waals surface area contributed by atoms with E-state index in [0.717, 1.165) is 18.7 Å². The van der Waals surface area contributed by atoms with Gasteiger partial charge in [0.2, 0.25) is 0 Å². The first-order valence-corrected chi connectivity index (χ1v) is 7.05. The molecule has 3 heteroatoms. The first-order valence-electron chi connectivity index (χ1n) is 7.05. The van der Waals surface area contributed by atoms with Crippen molar-refractivity contribution in [3.63, 3.8) is 0 Å². The number of hydrogen-bond donors (Lipinski definition) is 2. The van der Waals surface area contributed by atoms with Gasteiger partial charge in [0.1, 0.15) is 18.5 Å². The van der Waals surface area contributed by atoms with Crippen LogP contribution in [0.5, 0.6) is 5.75 Å². The standard InChI is InChI=1S/C16H27NO2/c1-5-9-17-11-14(18)12-19-15-8-6-7-13(10-15)16(2,3)4/h6-8,10,14,17-18H,5,9,11-12H2,1-4H3. The van der Waals surface area contributed by atoms with E-state index in [1.807, 2.05) is 18.2 Å². The van der Waals surface area contributed by atoms with Crippen molar-refractivity contribution < 1.29 is 9.84 Å². The number of ether oxygens (including phenoxy) is 1. The second-order valence-corrected chi connectivity index (χ2v) is 5.95. The van der Waals surface area contributed by atoms with Gasteiger partial charge in [-0.15, -0.1) is 0 Å². The monoisotopic (exact) mass is 265 g/mol. The summed E-state index contributed by atoms with van der Waals surface area (Å²) in [6.07, 6.45) is 0.603. The van der Waals surface area contributed by atoms with E-state index in [2.05, 4.69) is 39.1 Å². The van der Waals surface area contributed by atoms with Gasteiger partial charge in [-0.2, -0.15) is 0 Å². The summed E-state index contributed by atoms with van der Waals surface area (Å²) in [6.45, 7) is 10.5. The minimum absolute atomic E-state index is 0.112. The zero-order valence-corrected chi connectivity index (χ0v) is 12.6. The van der Waals surface area contributed by atoms with Crippen molar-refractivity contribution in [2.75, 3.05) is 19.7 Å². The van der Waals surface area contributed by atoms with E-state index in [0.29, 0.717) is 13.2 Å². The Labute approximate surface area is 117 Å². The molecule has 1 rings (SSSR count). The van der Waals surface area contributed by atoms with Crippen LogP contribution in [0.1, 0.15) is 39.7 Å². The van der Waals surface area contributed by atoms with Crippen LogP contribution in [-0.2, 0) is 5.41 Å². The lowest BCUT2D eigenvalue weighted by Crippen LogP contribution is -2.31. The van der Waals surface area contributed by atoms with Crippen molar-refractivity contribution in [3.05, 3.63) is 29.8 Å². The van der Waals surface area contributed by atoms with Crippen LogP contribution in [0.25, 0.3) is 0 Å². The summed E-state index contributed by atoms with van der Waals surface area (Å²) in [7, 11) is 0.